The molecule has 2 aromatic heterocycles. The van der Waals surface area contributed by atoms with Crippen LogP contribution in [0.25, 0.3) is 0 Å². The van der Waals surface area contributed by atoms with Crippen LogP contribution in [0.2, 0.25) is 5.15 Å². The lowest BCUT2D eigenvalue weighted by molar-refractivity contribution is 0.294. The largest absolute Gasteiger partial charge is 0.484 e. The topological polar surface area (TPSA) is 47.9 Å². The molecule has 2 heterocycles. The van der Waals surface area contributed by atoms with E-state index in [9.17, 15) is 0 Å². The van der Waals surface area contributed by atoms with Crippen LogP contribution in [0, 0.1) is 0 Å². The molecule has 0 saturated heterocycles. The summed E-state index contributed by atoms with van der Waals surface area (Å²) < 4.78 is 5.40. The highest BCUT2D eigenvalue weighted by Crippen LogP contribution is 2.12. The normalized spacial score (nSPS) is 9.93. The molecule has 0 atom stereocenters. The summed E-state index contributed by atoms with van der Waals surface area (Å²) in [5, 5.41) is 0.443. The lowest BCUT2D eigenvalue weighted by Crippen LogP contribution is -2.00. The van der Waals surface area contributed by atoms with Crippen molar-refractivity contribution in [1.82, 2.24) is 15.0 Å². The molecule has 0 fully saturated rings. The number of ether oxygens (including phenoxy) is 1. The Morgan fingerprint density at radius 3 is 2.60 bits per heavy atom. The zero-order chi connectivity index (χ0) is 10.5. The number of aromatic nitrogens is 3. The third kappa shape index (κ3) is 2.89. The first-order valence-corrected chi connectivity index (χ1v) is 4.72. The van der Waals surface area contributed by atoms with Gasteiger partial charge < -0.3 is 4.74 Å². The minimum Gasteiger partial charge on any atom is -0.484 e. The van der Waals surface area contributed by atoms with Crippen molar-refractivity contribution in [2.75, 3.05) is 0 Å². The summed E-state index contributed by atoms with van der Waals surface area (Å²) in [5.41, 5.74) is 0. The molecule has 0 aromatic carbocycles. The second-order valence-corrected chi connectivity index (χ2v) is 3.16. The Hall–Kier alpha value is -1.68. The molecule has 0 bridgehead atoms. The molecule has 0 aliphatic carbocycles. The van der Waals surface area contributed by atoms with E-state index >= 15 is 0 Å². The molecule has 76 valence electrons. The Morgan fingerprint density at radius 1 is 1.13 bits per heavy atom. The van der Waals surface area contributed by atoms with Crippen molar-refractivity contribution in [1.29, 1.82) is 0 Å². The molecule has 0 spiro atoms. The van der Waals surface area contributed by atoms with Gasteiger partial charge in [0.1, 0.15) is 17.5 Å². The highest BCUT2D eigenvalue weighted by atomic mass is 35.5. The molecular weight excluding hydrogens is 214 g/mol. The summed E-state index contributed by atoms with van der Waals surface area (Å²) in [6, 6.07) is 5.17. The van der Waals surface area contributed by atoms with Crippen molar-refractivity contribution in [3.05, 3.63) is 47.8 Å². The van der Waals surface area contributed by atoms with Crippen molar-refractivity contribution in [2.24, 2.45) is 0 Å². The minimum atomic E-state index is 0.324. The zero-order valence-electron chi connectivity index (χ0n) is 7.80. The smallest absolute Gasteiger partial charge is 0.166 e. The van der Waals surface area contributed by atoms with E-state index in [1.165, 1.54) is 0 Å². The second kappa shape index (κ2) is 4.70. The predicted molar refractivity (Wildman–Crippen MR) is 55.6 cm³/mol. The summed E-state index contributed by atoms with van der Waals surface area (Å²) in [4.78, 5) is 11.9. The summed E-state index contributed by atoms with van der Waals surface area (Å²) in [7, 11) is 0. The number of rotatable bonds is 3. The molecular formula is C10H8ClN3O. The molecule has 0 N–H and O–H groups in total. The van der Waals surface area contributed by atoms with Crippen molar-refractivity contribution >= 4 is 11.6 Å². The van der Waals surface area contributed by atoms with E-state index in [1.807, 2.05) is 0 Å². The zero-order valence-corrected chi connectivity index (χ0v) is 8.55. The van der Waals surface area contributed by atoms with Crippen molar-refractivity contribution in [3.63, 3.8) is 0 Å². The van der Waals surface area contributed by atoms with Gasteiger partial charge in [0.15, 0.2) is 5.82 Å². The van der Waals surface area contributed by atoms with E-state index in [2.05, 4.69) is 15.0 Å². The monoisotopic (exact) mass is 221 g/mol. The summed E-state index contributed by atoms with van der Waals surface area (Å²) >= 11 is 5.64. The average molecular weight is 222 g/mol. The molecule has 4 nitrogen and oxygen atoms in total. The van der Waals surface area contributed by atoms with Crippen molar-refractivity contribution in [2.45, 2.75) is 6.61 Å². The summed E-state index contributed by atoms with van der Waals surface area (Å²) in [5.74, 6) is 1.28. The molecule has 5 heteroatoms. The van der Waals surface area contributed by atoms with Crippen LogP contribution in [0.1, 0.15) is 5.82 Å². The fourth-order valence-electron chi connectivity index (χ4n) is 1.00. The van der Waals surface area contributed by atoms with Crippen LogP contribution in [-0.2, 0) is 6.61 Å². The Labute approximate surface area is 91.9 Å². The van der Waals surface area contributed by atoms with Crippen molar-refractivity contribution in [3.8, 4) is 5.75 Å². The third-order valence-corrected chi connectivity index (χ3v) is 1.91. The maximum atomic E-state index is 5.64. The first kappa shape index (κ1) is 9.86. The molecule has 0 aliphatic rings. The molecule has 2 aromatic rings. The van der Waals surface area contributed by atoms with Gasteiger partial charge in [0.2, 0.25) is 0 Å². The van der Waals surface area contributed by atoms with Gasteiger partial charge in [-0.25, -0.2) is 15.0 Å². The molecule has 0 saturated carbocycles. The number of pyridine rings is 1. The van der Waals surface area contributed by atoms with E-state index in [-0.39, 0.29) is 0 Å². The van der Waals surface area contributed by atoms with Gasteiger partial charge in [-0.05, 0) is 18.2 Å². The Balaban J connectivity index is 1.96. The number of hydrogen-bond acceptors (Lipinski definition) is 4. The van der Waals surface area contributed by atoms with Crippen LogP contribution in [0.3, 0.4) is 0 Å². The predicted octanol–water partition coefficient (Wildman–Crippen LogP) is 2.10. The molecule has 2 rings (SSSR count). The van der Waals surface area contributed by atoms with Crippen LogP contribution in [0.15, 0.2) is 36.8 Å². The number of halogens is 1. The van der Waals surface area contributed by atoms with E-state index < -0.39 is 0 Å². The first-order valence-electron chi connectivity index (χ1n) is 4.35. The van der Waals surface area contributed by atoms with E-state index in [4.69, 9.17) is 16.3 Å². The Bertz CT molecular complexity index is 418. The fraction of sp³-hybridized carbons (Fsp3) is 0.100. The van der Waals surface area contributed by atoms with Crippen molar-refractivity contribution < 1.29 is 4.74 Å². The summed E-state index contributed by atoms with van der Waals surface area (Å²) in [6.45, 7) is 0.324. The van der Waals surface area contributed by atoms with Gasteiger partial charge in [-0.3, -0.25) is 0 Å². The van der Waals surface area contributed by atoms with Gasteiger partial charge >= 0.3 is 0 Å². The molecule has 15 heavy (non-hydrogen) atoms. The second-order valence-electron chi connectivity index (χ2n) is 2.77. The lowest BCUT2D eigenvalue weighted by Gasteiger charge is -2.03. The van der Waals surface area contributed by atoms with Crippen LogP contribution in [0.4, 0.5) is 0 Å². The fourth-order valence-corrected chi connectivity index (χ4v) is 1.11. The van der Waals surface area contributed by atoms with Gasteiger partial charge in [0.25, 0.3) is 0 Å². The molecule has 0 unspecified atom stereocenters. The quantitative estimate of drug-likeness (QED) is 0.745. The van der Waals surface area contributed by atoms with E-state index in [0.717, 1.165) is 0 Å². The summed E-state index contributed by atoms with van der Waals surface area (Å²) in [6.07, 6.45) is 4.91. The molecule has 0 amide bonds. The van der Waals surface area contributed by atoms with Crippen LogP contribution in [0.5, 0.6) is 5.75 Å². The first-order chi connectivity index (χ1) is 7.34. The maximum absolute atomic E-state index is 5.64. The van der Waals surface area contributed by atoms with E-state index in [1.54, 1.807) is 36.8 Å². The van der Waals surface area contributed by atoms with Gasteiger partial charge in [-0.1, -0.05) is 11.6 Å². The third-order valence-electron chi connectivity index (χ3n) is 1.69. The highest BCUT2D eigenvalue weighted by Gasteiger charge is 1.97. The highest BCUT2D eigenvalue weighted by molar-refractivity contribution is 6.29. The van der Waals surface area contributed by atoms with E-state index in [0.29, 0.717) is 23.3 Å². The van der Waals surface area contributed by atoms with Crippen LogP contribution in [-0.4, -0.2) is 15.0 Å². The molecule has 0 radical (unpaired) electrons. The SMILES string of the molecule is Clc1ccc(OCc2ncccn2)cn1. The standard InChI is InChI=1S/C10H8ClN3O/c11-9-3-2-8(6-14-9)15-7-10-12-4-1-5-13-10/h1-6H,7H2. The maximum Gasteiger partial charge on any atom is 0.166 e. The van der Waals surface area contributed by atoms with Gasteiger partial charge in [-0.15, -0.1) is 0 Å². The Kier molecular flexibility index (Phi) is 3.09. The minimum absolute atomic E-state index is 0.324. The van der Waals surface area contributed by atoms with Gasteiger partial charge in [0.05, 0.1) is 6.20 Å². The lowest BCUT2D eigenvalue weighted by atomic mass is 10.4. The average Bonchev–Trinajstić information content (AvgIpc) is 2.30. The van der Waals surface area contributed by atoms with Gasteiger partial charge in [0, 0.05) is 12.4 Å². The number of hydrogen-bond donors (Lipinski definition) is 0. The van der Waals surface area contributed by atoms with Crippen LogP contribution >= 0.6 is 11.6 Å². The van der Waals surface area contributed by atoms with Crippen LogP contribution < -0.4 is 4.74 Å². The number of nitrogens with zero attached hydrogens (tertiary/aromatic N) is 3. The Morgan fingerprint density at radius 2 is 1.93 bits per heavy atom. The van der Waals surface area contributed by atoms with Gasteiger partial charge in [-0.2, -0.15) is 0 Å². The molecule has 0 aliphatic heterocycles.